The Labute approximate surface area is 70.5 Å². The molecule has 0 saturated heterocycles. The Morgan fingerprint density at radius 3 is 2.83 bits per heavy atom. The predicted octanol–water partition coefficient (Wildman–Crippen LogP) is 1.26. The van der Waals surface area contributed by atoms with Gasteiger partial charge in [0.1, 0.15) is 13.2 Å². The van der Waals surface area contributed by atoms with Gasteiger partial charge in [-0.2, -0.15) is 0 Å². The minimum atomic E-state index is -0.333. The summed E-state index contributed by atoms with van der Waals surface area (Å²) in [6.07, 6.45) is -0.333. The fourth-order valence-corrected chi connectivity index (χ4v) is 1.15. The van der Waals surface area contributed by atoms with E-state index in [4.69, 9.17) is 9.47 Å². The molecule has 12 heavy (non-hydrogen) atoms. The summed E-state index contributed by atoms with van der Waals surface area (Å²) in [5, 5.41) is 10.5. The average Bonchev–Trinajstić information content (AvgIpc) is 2.17. The van der Waals surface area contributed by atoms with Gasteiger partial charge in [0, 0.05) is 0 Å². The molecule has 1 heterocycles. The van der Waals surface area contributed by atoms with Crippen molar-refractivity contribution in [3.63, 3.8) is 0 Å². The molecular formula is C9H9O3. The van der Waals surface area contributed by atoms with Gasteiger partial charge in [0.05, 0.1) is 0 Å². The molecule has 0 aromatic heterocycles. The molecule has 3 nitrogen and oxygen atoms in total. The lowest BCUT2D eigenvalue weighted by Crippen LogP contribution is -2.31. The molecular weight excluding hydrogens is 156 g/mol. The van der Waals surface area contributed by atoms with Gasteiger partial charge in [-0.05, 0) is 12.1 Å². The molecule has 0 fully saturated rings. The Balaban J connectivity index is 2.23. The largest absolute Gasteiger partial charge is 0.486 e. The fourth-order valence-electron chi connectivity index (χ4n) is 1.15. The highest BCUT2D eigenvalue weighted by molar-refractivity contribution is 5.40. The number of ether oxygens (including phenoxy) is 2. The molecule has 3 heteroatoms. The first-order valence-electron chi connectivity index (χ1n) is 3.87. The molecule has 0 amide bonds. The van der Waals surface area contributed by atoms with Crippen LogP contribution in [0.4, 0.5) is 0 Å². The van der Waals surface area contributed by atoms with Crippen LogP contribution in [0.5, 0.6) is 11.5 Å². The number of fused-ring (bicyclic) bond motifs is 1. The first-order valence-corrected chi connectivity index (χ1v) is 3.87. The summed E-state index contributed by atoms with van der Waals surface area (Å²) in [7, 11) is 0. The quantitative estimate of drug-likeness (QED) is 0.628. The van der Waals surface area contributed by atoms with Crippen molar-refractivity contribution in [1.29, 1.82) is 0 Å². The lowest BCUT2D eigenvalue weighted by Gasteiger charge is -2.24. The second kappa shape index (κ2) is 3.03. The predicted molar refractivity (Wildman–Crippen MR) is 41.9 cm³/mol. The van der Waals surface area contributed by atoms with Gasteiger partial charge in [-0.15, -0.1) is 0 Å². The van der Waals surface area contributed by atoms with Gasteiger partial charge in [-0.1, -0.05) is 12.1 Å². The molecule has 1 aliphatic heterocycles. The van der Waals surface area contributed by atoms with Crippen LogP contribution in [-0.2, 0) is 5.11 Å². The van der Waals surface area contributed by atoms with Crippen molar-refractivity contribution in [3.05, 3.63) is 24.3 Å². The van der Waals surface area contributed by atoms with Crippen molar-refractivity contribution in [2.75, 3.05) is 13.2 Å². The standard InChI is InChI=1S/C9H9O3/c10-5-7-6-11-8-3-1-2-4-9(8)12-7/h1-4,7H,5-6H2. The van der Waals surface area contributed by atoms with E-state index < -0.39 is 0 Å². The zero-order chi connectivity index (χ0) is 8.39. The van der Waals surface area contributed by atoms with E-state index in [1.165, 1.54) is 0 Å². The molecule has 1 aromatic rings. The number of para-hydroxylation sites is 2. The molecule has 0 aliphatic carbocycles. The van der Waals surface area contributed by atoms with E-state index in [2.05, 4.69) is 0 Å². The number of rotatable bonds is 1. The first kappa shape index (κ1) is 7.43. The molecule has 0 N–H and O–H groups in total. The topological polar surface area (TPSA) is 38.4 Å². The molecule has 1 unspecified atom stereocenters. The van der Waals surface area contributed by atoms with Crippen LogP contribution in [0, 0.1) is 0 Å². The van der Waals surface area contributed by atoms with E-state index in [1.807, 2.05) is 18.2 Å². The van der Waals surface area contributed by atoms with Crippen molar-refractivity contribution in [2.24, 2.45) is 0 Å². The molecule has 0 bridgehead atoms. The maximum atomic E-state index is 10.5. The Hall–Kier alpha value is -1.22. The summed E-state index contributed by atoms with van der Waals surface area (Å²) >= 11 is 0. The van der Waals surface area contributed by atoms with E-state index in [0.29, 0.717) is 12.4 Å². The third kappa shape index (κ3) is 1.23. The third-order valence-electron chi connectivity index (χ3n) is 1.75. The monoisotopic (exact) mass is 165 g/mol. The maximum absolute atomic E-state index is 10.5. The highest BCUT2D eigenvalue weighted by Gasteiger charge is 2.19. The molecule has 1 aromatic carbocycles. The van der Waals surface area contributed by atoms with Gasteiger partial charge in [-0.3, -0.25) is 0 Å². The zero-order valence-corrected chi connectivity index (χ0v) is 6.53. The summed E-state index contributed by atoms with van der Waals surface area (Å²) in [4.78, 5) is 0. The van der Waals surface area contributed by atoms with Crippen molar-refractivity contribution in [2.45, 2.75) is 6.10 Å². The summed E-state index contributed by atoms with van der Waals surface area (Å²) in [5.41, 5.74) is 0. The normalized spacial score (nSPS) is 20.6. The SMILES string of the molecule is [O]CC1COc2ccccc2O1. The highest BCUT2D eigenvalue weighted by Crippen LogP contribution is 2.30. The summed E-state index contributed by atoms with van der Waals surface area (Å²) in [6.45, 7) is 0.106. The van der Waals surface area contributed by atoms with E-state index in [-0.39, 0.29) is 12.7 Å². The number of benzene rings is 1. The van der Waals surface area contributed by atoms with Crippen LogP contribution >= 0.6 is 0 Å². The van der Waals surface area contributed by atoms with Crippen molar-refractivity contribution in [3.8, 4) is 11.5 Å². The van der Waals surface area contributed by atoms with Gasteiger partial charge < -0.3 is 9.47 Å². The minimum absolute atomic E-state index is 0.256. The number of hydrogen-bond acceptors (Lipinski definition) is 2. The van der Waals surface area contributed by atoms with Crippen LogP contribution in [0.15, 0.2) is 24.3 Å². The highest BCUT2D eigenvalue weighted by atomic mass is 16.6. The smallest absolute Gasteiger partial charge is 0.161 e. The Morgan fingerprint density at radius 1 is 1.33 bits per heavy atom. The van der Waals surface area contributed by atoms with E-state index in [1.54, 1.807) is 6.07 Å². The number of hydrogen-bond donors (Lipinski definition) is 0. The van der Waals surface area contributed by atoms with E-state index in [0.717, 1.165) is 5.75 Å². The molecule has 1 aliphatic rings. The molecule has 0 spiro atoms. The first-order chi connectivity index (χ1) is 5.90. The maximum Gasteiger partial charge on any atom is 0.161 e. The molecule has 2 rings (SSSR count). The van der Waals surface area contributed by atoms with Gasteiger partial charge in [-0.25, -0.2) is 5.11 Å². The minimum Gasteiger partial charge on any atom is -0.486 e. The van der Waals surface area contributed by atoms with Crippen LogP contribution in [0.3, 0.4) is 0 Å². The van der Waals surface area contributed by atoms with Gasteiger partial charge in [0.25, 0.3) is 0 Å². The lowest BCUT2D eigenvalue weighted by atomic mass is 10.3. The van der Waals surface area contributed by atoms with Crippen LogP contribution in [-0.4, -0.2) is 19.3 Å². The second-order valence-electron chi connectivity index (χ2n) is 2.66. The van der Waals surface area contributed by atoms with Crippen molar-refractivity contribution >= 4 is 0 Å². The summed E-state index contributed by atoms with van der Waals surface area (Å²) in [5.74, 6) is 1.40. The van der Waals surface area contributed by atoms with Crippen LogP contribution < -0.4 is 9.47 Å². The lowest BCUT2D eigenvalue weighted by molar-refractivity contribution is 0.0200. The Bertz CT molecular complexity index is 272. The molecule has 1 radical (unpaired) electrons. The van der Waals surface area contributed by atoms with Crippen molar-refractivity contribution < 1.29 is 14.6 Å². The van der Waals surface area contributed by atoms with Gasteiger partial charge in [0.15, 0.2) is 17.6 Å². The van der Waals surface area contributed by atoms with E-state index >= 15 is 0 Å². The van der Waals surface area contributed by atoms with Crippen LogP contribution in [0.2, 0.25) is 0 Å². The van der Waals surface area contributed by atoms with Crippen molar-refractivity contribution in [1.82, 2.24) is 0 Å². The van der Waals surface area contributed by atoms with Gasteiger partial charge in [0.2, 0.25) is 0 Å². The van der Waals surface area contributed by atoms with Gasteiger partial charge >= 0.3 is 0 Å². The summed E-state index contributed by atoms with van der Waals surface area (Å²) in [6, 6.07) is 7.36. The Morgan fingerprint density at radius 2 is 2.08 bits per heavy atom. The average molecular weight is 165 g/mol. The summed E-state index contributed by atoms with van der Waals surface area (Å²) < 4.78 is 10.6. The fraction of sp³-hybridized carbons (Fsp3) is 0.333. The third-order valence-corrected chi connectivity index (χ3v) is 1.75. The van der Waals surface area contributed by atoms with E-state index in [9.17, 15) is 5.11 Å². The zero-order valence-electron chi connectivity index (χ0n) is 6.53. The second-order valence-corrected chi connectivity index (χ2v) is 2.66. The molecule has 63 valence electrons. The van der Waals surface area contributed by atoms with Crippen LogP contribution in [0.1, 0.15) is 0 Å². The molecule has 1 atom stereocenters. The molecule has 0 saturated carbocycles. The van der Waals surface area contributed by atoms with Crippen LogP contribution in [0.25, 0.3) is 0 Å². The Kier molecular flexibility index (Phi) is 1.87.